The molecular weight excluding hydrogens is 198 g/mol. The van der Waals surface area contributed by atoms with Crippen LogP contribution in [0.25, 0.3) is 0 Å². The molecule has 1 amide bonds. The summed E-state index contributed by atoms with van der Waals surface area (Å²) in [6.45, 7) is 6.19. The minimum atomic E-state index is -0.443. The van der Waals surface area contributed by atoms with Gasteiger partial charge in [-0.15, -0.1) is 6.58 Å². The Morgan fingerprint density at radius 1 is 1.47 bits per heavy atom. The molecule has 0 aromatic carbocycles. The van der Waals surface area contributed by atoms with Crippen molar-refractivity contribution >= 4 is 12.1 Å². The van der Waals surface area contributed by atoms with Gasteiger partial charge >= 0.3 is 12.1 Å². The summed E-state index contributed by atoms with van der Waals surface area (Å²) in [5.41, 5.74) is 0. The van der Waals surface area contributed by atoms with Gasteiger partial charge in [0.2, 0.25) is 0 Å². The van der Waals surface area contributed by atoms with Crippen molar-refractivity contribution in [1.82, 2.24) is 4.90 Å². The van der Waals surface area contributed by atoms with E-state index in [1.807, 2.05) is 0 Å². The summed E-state index contributed by atoms with van der Waals surface area (Å²) in [7, 11) is 1.31. The number of amides is 1. The Morgan fingerprint density at radius 2 is 2.13 bits per heavy atom. The predicted octanol–water partition coefficient (Wildman–Crippen LogP) is 1.19. The first-order chi connectivity index (χ1) is 7.15. The number of hydrogen-bond donors (Lipinski definition) is 0. The van der Waals surface area contributed by atoms with Crippen molar-refractivity contribution in [3.63, 3.8) is 0 Å². The first kappa shape index (κ1) is 13.5. The van der Waals surface area contributed by atoms with E-state index in [-0.39, 0.29) is 18.9 Å². The number of carbonyl (C=O) groups is 2. The molecule has 0 aliphatic rings. The first-order valence-electron chi connectivity index (χ1n) is 4.75. The van der Waals surface area contributed by atoms with Crippen LogP contribution in [0.5, 0.6) is 0 Å². The molecule has 0 unspecified atom stereocenters. The van der Waals surface area contributed by atoms with Crippen LogP contribution in [0.4, 0.5) is 4.79 Å². The highest BCUT2D eigenvalue weighted by Crippen LogP contribution is 1.98. The van der Waals surface area contributed by atoms with E-state index in [0.29, 0.717) is 13.2 Å². The van der Waals surface area contributed by atoms with Crippen molar-refractivity contribution in [3.05, 3.63) is 12.7 Å². The minimum Gasteiger partial charge on any atom is -0.469 e. The van der Waals surface area contributed by atoms with Gasteiger partial charge in [0.05, 0.1) is 20.1 Å². The van der Waals surface area contributed by atoms with Crippen molar-refractivity contribution < 1.29 is 19.1 Å². The topological polar surface area (TPSA) is 55.8 Å². The van der Waals surface area contributed by atoms with E-state index in [1.165, 1.54) is 12.0 Å². The Labute approximate surface area is 89.6 Å². The molecule has 0 radical (unpaired) electrons. The van der Waals surface area contributed by atoms with E-state index < -0.39 is 6.09 Å². The molecule has 0 N–H and O–H groups in total. The molecule has 0 aliphatic heterocycles. The molecule has 5 nitrogen and oxygen atoms in total. The second-order valence-electron chi connectivity index (χ2n) is 2.76. The third-order valence-corrected chi connectivity index (χ3v) is 1.69. The molecule has 0 heterocycles. The van der Waals surface area contributed by atoms with Crippen LogP contribution in [-0.4, -0.2) is 43.8 Å². The van der Waals surface area contributed by atoms with Crippen LogP contribution in [-0.2, 0) is 14.3 Å². The zero-order chi connectivity index (χ0) is 11.7. The maximum Gasteiger partial charge on any atom is 0.410 e. The van der Waals surface area contributed by atoms with Crippen molar-refractivity contribution in [1.29, 1.82) is 0 Å². The average molecular weight is 215 g/mol. The molecule has 0 rings (SSSR count). The highest BCUT2D eigenvalue weighted by Gasteiger charge is 2.14. The van der Waals surface area contributed by atoms with Gasteiger partial charge in [0.25, 0.3) is 0 Å². The number of ether oxygens (including phenoxy) is 2. The van der Waals surface area contributed by atoms with Gasteiger partial charge in [-0.1, -0.05) is 6.08 Å². The summed E-state index contributed by atoms with van der Waals surface area (Å²) in [6.07, 6.45) is 1.29. The zero-order valence-corrected chi connectivity index (χ0v) is 9.19. The first-order valence-corrected chi connectivity index (χ1v) is 4.75. The number of nitrogens with zero attached hydrogens (tertiary/aromatic N) is 1. The van der Waals surface area contributed by atoms with E-state index in [9.17, 15) is 9.59 Å². The van der Waals surface area contributed by atoms with Gasteiger partial charge in [-0.05, 0) is 6.92 Å². The Morgan fingerprint density at radius 3 is 2.60 bits per heavy atom. The number of hydrogen-bond acceptors (Lipinski definition) is 4. The van der Waals surface area contributed by atoms with Gasteiger partial charge in [0.15, 0.2) is 0 Å². The number of rotatable bonds is 6. The molecule has 0 saturated heterocycles. The highest BCUT2D eigenvalue weighted by atomic mass is 16.6. The van der Waals surface area contributed by atoms with Crippen molar-refractivity contribution in [2.24, 2.45) is 0 Å². The predicted molar refractivity (Wildman–Crippen MR) is 55.4 cm³/mol. The van der Waals surface area contributed by atoms with Crippen molar-refractivity contribution in [2.75, 3.05) is 26.8 Å². The lowest BCUT2D eigenvalue weighted by Crippen LogP contribution is -2.33. The highest BCUT2D eigenvalue weighted by molar-refractivity contribution is 5.71. The molecule has 0 bridgehead atoms. The second kappa shape index (κ2) is 7.84. The summed E-state index contributed by atoms with van der Waals surface area (Å²) < 4.78 is 9.28. The van der Waals surface area contributed by atoms with Gasteiger partial charge in [-0.2, -0.15) is 0 Å². The lowest BCUT2D eigenvalue weighted by atomic mass is 10.4. The molecule has 0 aliphatic carbocycles. The molecule has 0 atom stereocenters. The molecule has 0 aromatic heterocycles. The fraction of sp³-hybridized carbons (Fsp3) is 0.600. The summed E-state index contributed by atoms with van der Waals surface area (Å²) in [5.74, 6) is -0.353. The van der Waals surface area contributed by atoms with E-state index in [0.717, 1.165) is 0 Å². The van der Waals surface area contributed by atoms with Crippen LogP contribution in [0.15, 0.2) is 12.7 Å². The van der Waals surface area contributed by atoms with Crippen molar-refractivity contribution in [3.8, 4) is 0 Å². The maximum atomic E-state index is 11.3. The number of carbonyl (C=O) groups excluding carboxylic acids is 2. The molecule has 86 valence electrons. The van der Waals surface area contributed by atoms with Gasteiger partial charge in [0.1, 0.15) is 0 Å². The lowest BCUT2D eigenvalue weighted by Gasteiger charge is -2.19. The van der Waals surface area contributed by atoms with E-state index in [2.05, 4.69) is 11.3 Å². The fourth-order valence-corrected chi connectivity index (χ4v) is 0.956. The zero-order valence-electron chi connectivity index (χ0n) is 9.19. The lowest BCUT2D eigenvalue weighted by molar-refractivity contribution is -0.140. The Bertz CT molecular complexity index is 227. The van der Waals surface area contributed by atoms with Gasteiger partial charge in [-0.3, -0.25) is 4.79 Å². The van der Waals surface area contributed by atoms with Crippen molar-refractivity contribution in [2.45, 2.75) is 13.3 Å². The van der Waals surface area contributed by atoms with Gasteiger partial charge in [-0.25, -0.2) is 4.79 Å². The Balaban J connectivity index is 4.08. The van der Waals surface area contributed by atoms with Crippen LogP contribution < -0.4 is 0 Å². The van der Waals surface area contributed by atoms with Crippen LogP contribution in [0.2, 0.25) is 0 Å². The van der Waals surface area contributed by atoms with E-state index in [1.54, 1.807) is 13.0 Å². The van der Waals surface area contributed by atoms with Gasteiger partial charge < -0.3 is 14.4 Å². The monoisotopic (exact) mass is 215 g/mol. The molecule has 0 aromatic rings. The summed E-state index contributed by atoms with van der Waals surface area (Å²) in [4.78, 5) is 23.6. The smallest absolute Gasteiger partial charge is 0.410 e. The summed E-state index contributed by atoms with van der Waals surface area (Å²) in [6, 6.07) is 0. The normalized spacial score (nSPS) is 9.20. The van der Waals surface area contributed by atoms with Crippen LogP contribution >= 0.6 is 0 Å². The van der Waals surface area contributed by atoms with Crippen LogP contribution in [0, 0.1) is 0 Å². The number of methoxy groups -OCH3 is 1. The largest absolute Gasteiger partial charge is 0.469 e. The molecule has 5 heteroatoms. The molecule has 0 fully saturated rings. The Kier molecular flexibility index (Phi) is 7.05. The minimum absolute atomic E-state index is 0.156. The third kappa shape index (κ3) is 5.72. The maximum absolute atomic E-state index is 11.3. The van der Waals surface area contributed by atoms with E-state index >= 15 is 0 Å². The SMILES string of the molecule is C=CCN(CCC(=O)OC)C(=O)OCC. The number of esters is 1. The summed E-state index contributed by atoms with van der Waals surface area (Å²) >= 11 is 0. The van der Waals surface area contributed by atoms with E-state index in [4.69, 9.17) is 4.74 Å². The average Bonchev–Trinajstić information content (AvgIpc) is 2.23. The second-order valence-corrected chi connectivity index (χ2v) is 2.76. The molecule has 0 saturated carbocycles. The quantitative estimate of drug-likeness (QED) is 0.493. The van der Waals surface area contributed by atoms with Crippen LogP contribution in [0.1, 0.15) is 13.3 Å². The summed E-state index contributed by atoms with van der Waals surface area (Å²) in [5, 5.41) is 0. The molecule has 0 spiro atoms. The molecule has 15 heavy (non-hydrogen) atoms. The van der Waals surface area contributed by atoms with Gasteiger partial charge in [0, 0.05) is 13.1 Å². The fourth-order valence-electron chi connectivity index (χ4n) is 0.956. The van der Waals surface area contributed by atoms with Crippen LogP contribution in [0.3, 0.4) is 0 Å². The third-order valence-electron chi connectivity index (χ3n) is 1.69. The molecular formula is C10H17NO4. The Hall–Kier alpha value is -1.52. The standard InChI is InChI=1S/C10H17NO4/c1-4-7-11(10(13)15-5-2)8-6-9(12)14-3/h4H,1,5-8H2,2-3H3.